The number of nitrogens with zero attached hydrogens (tertiary/aromatic N) is 2. The Bertz CT molecular complexity index is 2610. The molecule has 3 nitrogen and oxygen atoms in total. The summed E-state index contributed by atoms with van der Waals surface area (Å²) in [5.41, 5.74) is 11.3. The summed E-state index contributed by atoms with van der Waals surface area (Å²) in [6, 6.07) is 63.1. The summed E-state index contributed by atoms with van der Waals surface area (Å²) in [5.74, 6) is 0. The van der Waals surface area contributed by atoms with Crippen LogP contribution in [-0.4, -0.2) is 17.3 Å². The largest absolute Gasteiger partial charge is 0.388 e. The van der Waals surface area contributed by atoms with Crippen molar-refractivity contribution in [3.8, 4) is 16.8 Å². The molecular weight excluding hydrogens is 607 g/mol. The molecule has 8 aromatic carbocycles. The molecule has 238 valence electrons. The van der Waals surface area contributed by atoms with Crippen LogP contribution in [0.4, 0.5) is 5.69 Å². The van der Waals surface area contributed by atoms with Crippen LogP contribution in [0.2, 0.25) is 0 Å². The van der Waals surface area contributed by atoms with Crippen molar-refractivity contribution in [2.24, 2.45) is 4.99 Å². The van der Waals surface area contributed by atoms with Gasteiger partial charge in [-0.05, 0) is 74.6 Å². The molecule has 0 bridgehead atoms. The molecule has 9 aromatic rings. The highest BCUT2D eigenvalue weighted by atomic mass is 15.0. The van der Waals surface area contributed by atoms with Crippen LogP contribution >= 0.6 is 0 Å². The molecule has 1 heterocycles. The minimum Gasteiger partial charge on any atom is -0.388 e. The Hall–Kier alpha value is -6.45. The molecule has 0 saturated heterocycles. The zero-order valence-corrected chi connectivity index (χ0v) is 27.8. The molecule has 0 radical (unpaired) electrons. The van der Waals surface area contributed by atoms with E-state index in [2.05, 4.69) is 186 Å². The summed E-state index contributed by atoms with van der Waals surface area (Å²) in [6.07, 6.45) is 0. The van der Waals surface area contributed by atoms with Gasteiger partial charge in [0.1, 0.15) is 0 Å². The van der Waals surface area contributed by atoms with Crippen molar-refractivity contribution in [3.63, 3.8) is 0 Å². The third kappa shape index (κ3) is 5.12. The number of aromatic nitrogens is 1. The summed E-state index contributed by atoms with van der Waals surface area (Å²) in [7, 11) is 1.97. The summed E-state index contributed by atoms with van der Waals surface area (Å²) in [6.45, 7) is 0.561. The molecule has 0 unspecified atom stereocenters. The molecule has 0 fully saturated rings. The van der Waals surface area contributed by atoms with E-state index in [0.29, 0.717) is 6.54 Å². The Morgan fingerprint density at radius 2 is 1.14 bits per heavy atom. The summed E-state index contributed by atoms with van der Waals surface area (Å²) in [4.78, 5) is 5.31. The van der Waals surface area contributed by atoms with Crippen molar-refractivity contribution < 1.29 is 0 Å². The smallest absolute Gasteiger partial charge is 0.0744 e. The zero-order chi connectivity index (χ0) is 33.4. The maximum atomic E-state index is 5.31. The molecule has 0 aliphatic carbocycles. The Balaban J connectivity index is 1.15. The fraction of sp³-hybridized carbons (Fsp3) is 0.0426. The van der Waals surface area contributed by atoms with Crippen LogP contribution in [0.25, 0.3) is 60.2 Å². The highest BCUT2D eigenvalue weighted by molar-refractivity contribution is 6.28. The molecule has 9 rings (SSSR count). The first-order valence-electron chi connectivity index (χ1n) is 17.2. The lowest BCUT2D eigenvalue weighted by Gasteiger charge is -2.14. The molecule has 0 saturated carbocycles. The standard InChI is InChI=1S/C47H35N3/c1-48-42-21-10-9-20-41(42)47(37-17-11-16-36(30-37)33-12-3-2-4-13-33)49-31-32-22-26-38(27-23-32)50-43-28-24-34-14-5-7-18-39(34)45(43)46-40-19-8-6-15-35(40)25-29-44(46)50/h2-30,48H,31H2,1H3. The van der Waals surface area contributed by atoms with Crippen molar-refractivity contribution in [1.82, 2.24) is 4.57 Å². The minimum absolute atomic E-state index is 0.561. The predicted octanol–water partition coefficient (Wildman–Crippen LogP) is 11.8. The zero-order valence-electron chi connectivity index (χ0n) is 27.8. The maximum absolute atomic E-state index is 5.31. The van der Waals surface area contributed by atoms with Gasteiger partial charge in [-0.25, -0.2) is 0 Å². The van der Waals surface area contributed by atoms with E-state index in [4.69, 9.17) is 4.99 Å². The van der Waals surface area contributed by atoms with Crippen molar-refractivity contribution in [3.05, 3.63) is 193 Å². The average molecular weight is 642 g/mol. The van der Waals surface area contributed by atoms with Crippen molar-refractivity contribution in [1.29, 1.82) is 0 Å². The van der Waals surface area contributed by atoms with Gasteiger partial charge in [0, 0.05) is 40.3 Å². The molecule has 0 spiro atoms. The van der Waals surface area contributed by atoms with Crippen LogP contribution in [-0.2, 0) is 6.54 Å². The molecule has 0 amide bonds. The van der Waals surface area contributed by atoms with Crippen LogP contribution in [0.15, 0.2) is 181 Å². The van der Waals surface area contributed by atoms with Crippen LogP contribution in [0.3, 0.4) is 0 Å². The number of nitrogens with one attached hydrogen (secondary N) is 1. The third-order valence-electron chi connectivity index (χ3n) is 9.85. The Kier molecular flexibility index (Phi) is 7.44. The second kappa shape index (κ2) is 12.5. The number of aliphatic imine (C=N–C) groups is 1. The van der Waals surface area contributed by atoms with Crippen molar-refractivity contribution in [2.75, 3.05) is 12.4 Å². The molecule has 0 aliphatic rings. The number of fused-ring (bicyclic) bond motifs is 7. The first kappa shape index (κ1) is 29.7. The number of benzene rings is 8. The summed E-state index contributed by atoms with van der Waals surface area (Å²) >= 11 is 0. The second-order valence-corrected chi connectivity index (χ2v) is 12.8. The Labute approximate surface area is 291 Å². The molecular formula is C47H35N3. The summed E-state index contributed by atoms with van der Waals surface area (Å²) < 4.78 is 2.42. The van der Waals surface area contributed by atoms with E-state index in [1.165, 1.54) is 54.5 Å². The fourth-order valence-electron chi connectivity index (χ4n) is 7.46. The lowest BCUT2D eigenvalue weighted by Crippen LogP contribution is -2.08. The van der Waals surface area contributed by atoms with E-state index in [0.717, 1.165) is 33.8 Å². The van der Waals surface area contributed by atoms with Crippen LogP contribution < -0.4 is 5.32 Å². The first-order chi connectivity index (χ1) is 24.8. The lowest BCUT2D eigenvalue weighted by atomic mass is 9.96. The number of hydrogen-bond acceptors (Lipinski definition) is 2. The molecule has 0 aliphatic heterocycles. The van der Waals surface area contributed by atoms with Crippen LogP contribution in [0, 0.1) is 0 Å². The number of para-hydroxylation sites is 1. The normalized spacial score (nSPS) is 11.9. The minimum atomic E-state index is 0.561. The van der Waals surface area contributed by atoms with Gasteiger partial charge in [-0.1, -0.05) is 140 Å². The summed E-state index contributed by atoms with van der Waals surface area (Å²) in [5, 5.41) is 11.0. The van der Waals surface area contributed by atoms with E-state index in [9.17, 15) is 0 Å². The molecule has 1 aromatic heterocycles. The van der Waals surface area contributed by atoms with Crippen molar-refractivity contribution >= 4 is 54.7 Å². The fourth-order valence-corrected chi connectivity index (χ4v) is 7.46. The van der Waals surface area contributed by atoms with E-state index >= 15 is 0 Å². The Morgan fingerprint density at radius 1 is 0.540 bits per heavy atom. The monoisotopic (exact) mass is 641 g/mol. The average Bonchev–Trinajstić information content (AvgIpc) is 3.54. The van der Waals surface area contributed by atoms with Gasteiger partial charge in [-0.2, -0.15) is 0 Å². The number of anilines is 1. The van der Waals surface area contributed by atoms with E-state index in [-0.39, 0.29) is 0 Å². The molecule has 50 heavy (non-hydrogen) atoms. The van der Waals surface area contributed by atoms with Gasteiger partial charge in [0.2, 0.25) is 0 Å². The van der Waals surface area contributed by atoms with Gasteiger partial charge < -0.3 is 9.88 Å². The topological polar surface area (TPSA) is 29.3 Å². The van der Waals surface area contributed by atoms with Crippen molar-refractivity contribution in [2.45, 2.75) is 6.54 Å². The highest BCUT2D eigenvalue weighted by Gasteiger charge is 2.17. The molecule has 1 N–H and O–H groups in total. The maximum Gasteiger partial charge on any atom is 0.0744 e. The van der Waals surface area contributed by atoms with Gasteiger partial charge in [0.25, 0.3) is 0 Å². The molecule has 3 heteroatoms. The first-order valence-corrected chi connectivity index (χ1v) is 17.2. The Morgan fingerprint density at radius 3 is 1.82 bits per heavy atom. The van der Waals surface area contributed by atoms with Gasteiger partial charge in [0.15, 0.2) is 0 Å². The number of rotatable bonds is 7. The van der Waals surface area contributed by atoms with Gasteiger partial charge in [-0.15, -0.1) is 0 Å². The highest BCUT2D eigenvalue weighted by Crippen LogP contribution is 2.40. The van der Waals surface area contributed by atoms with Crippen LogP contribution in [0.1, 0.15) is 16.7 Å². The van der Waals surface area contributed by atoms with E-state index in [1.54, 1.807) is 0 Å². The van der Waals surface area contributed by atoms with E-state index < -0.39 is 0 Å². The molecule has 0 atom stereocenters. The SMILES string of the molecule is CNc1ccccc1C(=NCc1ccc(-n2c3ccc4ccccc4c3c3c4ccccc4ccc32)cc1)c1cccc(-c2ccccc2)c1. The predicted molar refractivity (Wildman–Crippen MR) is 213 cm³/mol. The third-order valence-corrected chi connectivity index (χ3v) is 9.85. The number of hydrogen-bond donors (Lipinski definition) is 1. The van der Waals surface area contributed by atoms with Gasteiger partial charge in [0.05, 0.1) is 23.3 Å². The quantitative estimate of drug-likeness (QED) is 0.172. The van der Waals surface area contributed by atoms with E-state index in [1.807, 2.05) is 7.05 Å². The second-order valence-electron chi connectivity index (χ2n) is 12.8. The van der Waals surface area contributed by atoms with Crippen LogP contribution in [0.5, 0.6) is 0 Å². The van der Waals surface area contributed by atoms with Gasteiger partial charge in [-0.3, -0.25) is 4.99 Å². The van der Waals surface area contributed by atoms with Gasteiger partial charge >= 0.3 is 0 Å². The lowest BCUT2D eigenvalue weighted by molar-refractivity contribution is 1.06.